The fraction of sp³-hybridized carbons (Fsp3) is 0.440. The Kier molecular flexibility index (Phi) is 6.56. The van der Waals surface area contributed by atoms with Crippen molar-refractivity contribution >= 4 is 11.9 Å². The SMILES string of the molecule is Cc1ccc(C2CC(NC(=O)c3ccccc3)CN(C(=O)N3CCOCC3)C2)cc1C. The summed E-state index contributed by atoms with van der Waals surface area (Å²) in [6.07, 6.45) is 0.813. The molecule has 2 aliphatic rings. The molecule has 2 aromatic carbocycles. The quantitative estimate of drug-likeness (QED) is 0.827. The van der Waals surface area contributed by atoms with Crippen molar-refractivity contribution in [2.75, 3.05) is 39.4 Å². The largest absolute Gasteiger partial charge is 0.378 e. The minimum Gasteiger partial charge on any atom is -0.378 e. The second-order valence-corrected chi connectivity index (χ2v) is 8.60. The van der Waals surface area contributed by atoms with E-state index in [0.29, 0.717) is 45.0 Å². The smallest absolute Gasteiger partial charge is 0.320 e. The van der Waals surface area contributed by atoms with Gasteiger partial charge in [0.15, 0.2) is 0 Å². The van der Waals surface area contributed by atoms with Gasteiger partial charge in [-0.15, -0.1) is 0 Å². The number of morpholine rings is 1. The maximum absolute atomic E-state index is 13.2. The summed E-state index contributed by atoms with van der Waals surface area (Å²) in [5.74, 6) is 0.0872. The van der Waals surface area contributed by atoms with Crippen molar-refractivity contribution in [3.05, 3.63) is 70.8 Å². The average molecular weight is 422 g/mol. The fourth-order valence-corrected chi connectivity index (χ4v) is 4.43. The van der Waals surface area contributed by atoms with Gasteiger partial charge in [0, 0.05) is 43.7 Å². The Hall–Kier alpha value is -2.86. The van der Waals surface area contributed by atoms with Crippen LogP contribution in [0.25, 0.3) is 0 Å². The summed E-state index contributed by atoms with van der Waals surface area (Å²) in [4.78, 5) is 29.8. The van der Waals surface area contributed by atoms with Crippen molar-refractivity contribution in [3.8, 4) is 0 Å². The second-order valence-electron chi connectivity index (χ2n) is 8.60. The van der Waals surface area contributed by atoms with Crippen LogP contribution in [-0.2, 0) is 4.74 Å². The van der Waals surface area contributed by atoms with Crippen LogP contribution in [0.5, 0.6) is 0 Å². The van der Waals surface area contributed by atoms with E-state index in [0.717, 1.165) is 6.42 Å². The van der Waals surface area contributed by atoms with Crippen molar-refractivity contribution in [3.63, 3.8) is 0 Å². The van der Waals surface area contributed by atoms with Gasteiger partial charge in [0.25, 0.3) is 5.91 Å². The van der Waals surface area contributed by atoms with E-state index in [1.807, 2.05) is 40.1 Å². The number of carbonyl (C=O) groups is 2. The molecule has 0 saturated carbocycles. The molecule has 2 aliphatic heterocycles. The first kappa shape index (κ1) is 21.4. The summed E-state index contributed by atoms with van der Waals surface area (Å²) in [5, 5.41) is 3.17. The summed E-state index contributed by atoms with van der Waals surface area (Å²) >= 11 is 0. The van der Waals surface area contributed by atoms with Crippen molar-refractivity contribution in [2.24, 2.45) is 0 Å². The van der Waals surface area contributed by atoms with Crippen LogP contribution in [-0.4, -0.2) is 67.2 Å². The highest BCUT2D eigenvalue weighted by atomic mass is 16.5. The van der Waals surface area contributed by atoms with Crippen LogP contribution >= 0.6 is 0 Å². The molecular formula is C25H31N3O3. The van der Waals surface area contributed by atoms with E-state index in [2.05, 4.69) is 37.4 Å². The number of likely N-dealkylation sites (tertiary alicyclic amines) is 1. The molecular weight excluding hydrogens is 390 g/mol. The zero-order valence-electron chi connectivity index (χ0n) is 18.3. The van der Waals surface area contributed by atoms with E-state index in [-0.39, 0.29) is 23.9 Å². The topological polar surface area (TPSA) is 61.9 Å². The number of hydrogen-bond acceptors (Lipinski definition) is 3. The monoisotopic (exact) mass is 421 g/mol. The molecule has 31 heavy (non-hydrogen) atoms. The second kappa shape index (κ2) is 9.52. The maximum Gasteiger partial charge on any atom is 0.320 e. The van der Waals surface area contributed by atoms with Gasteiger partial charge in [-0.2, -0.15) is 0 Å². The lowest BCUT2D eigenvalue weighted by Gasteiger charge is -2.41. The number of carbonyl (C=O) groups excluding carboxylic acids is 2. The summed E-state index contributed by atoms with van der Waals surface area (Å²) in [7, 11) is 0. The molecule has 0 bridgehead atoms. The third-order valence-corrected chi connectivity index (χ3v) is 6.38. The number of ether oxygens (including phenoxy) is 1. The normalized spacial score (nSPS) is 21.6. The minimum absolute atomic E-state index is 0.0378. The van der Waals surface area contributed by atoms with Gasteiger partial charge >= 0.3 is 6.03 Å². The van der Waals surface area contributed by atoms with E-state index in [1.54, 1.807) is 0 Å². The van der Waals surface area contributed by atoms with Crippen molar-refractivity contribution in [1.82, 2.24) is 15.1 Å². The molecule has 6 nitrogen and oxygen atoms in total. The first-order valence-corrected chi connectivity index (χ1v) is 11.1. The van der Waals surface area contributed by atoms with Gasteiger partial charge in [-0.3, -0.25) is 4.79 Å². The summed E-state index contributed by atoms with van der Waals surface area (Å²) < 4.78 is 5.41. The van der Waals surface area contributed by atoms with Crippen LogP contribution in [0.4, 0.5) is 4.79 Å². The Bertz CT molecular complexity index is 925. The highest BCUT2D eigenvalue weighted by Crippen LogP contribution is 2.29. The van der Waals surface area contributed by atoms with Crippen LogP contribution in [0.3, 0.4) is 0 Å². The molecule has 0 aliphatic carbocycles. The lowest BCUT2D eigenvalue weighted by molar-refractivity contribution is 0.0390. The molecule has 4 rings (SSSR count). The molecule has 3 amide bonds. The van der Waals surface area contributed by atoms with Crippen LogP contribution in [0, 0.1) is 13.8 Å². The van der Waals surface area contributed by atoms with Crippen molar-refractivity contribution < 1.29 is 14.3 Å². The average Bonchev–Trinajstić information content (AvgIpc) is 2.81. The van der Waals surface area contributed by atoms with Gasteiger partial charge < -0.3 is 19.9 Å². The minimum atomic E-state index is -0.0990. The highest BCUT2D eigenvalue weighted by Gasteiger charge is 2.34. The van der Waals surface area contributed by atoms with E-state index < -0.39 is 0 Å². The van der Waals surface area contributed by atoms with Gasteiger partial charge in [-0.25, -0.2) is 4.79 Å². The molecule has 2 heterocycles. The first-order chi connectivity index (χ1) is 15.0. The van der Waals surface area contributed by atoms with Crippen LogP contribution in [0.2, 0.25) is 0 Å². The molecule has 164 valence electrons. The molecule has 2 aromatic rings. The summed E-state index contributed by atoms with van der Waals surface area (Å²) in [6, 6.07) is 15.7. The van der Waals surface area contributed by atoms with E-state index >= 15 is 0 Å². The van der Waals surface area contributed by atoms with Gasteiger partial charge in [0.2, 0.25) is 0 Å². The molecule has 0 spiro atoms. The highest BCUT2D eigenvalue weighted by molar-refractivity contribution is 5.94. The Balaban J connectivity index is 1.54. The number of piperidine rings is 1. The van der Waals surface area contributed by atoms with E-state index in [4.69, 9.17) is 4.74 Å². The molecule has 2 unspecified atom stereocenters. The standard InChI is InChI=1S/C25H31N3O3/c1-18-8-9-21(14-19(18)2)22-15-23(26-24(29)20-6-4-3-5-7-20)17-28(16-22)25(30)27-10-12-31-13-11-27/h3-9,14,22-23H,10-13,15-17H2,1-2H3,(H,26,29). The van der Waals surface area contributed by atoms with Crippen molar-refractivity contribution in [2.45, 2.75) is 32.2 Å². The van der Waals surface area contributed by atoms with Crippen molar-refractivity contribution in [1.29, 1.82) is 0 Å². The number of nitrogens with one attached hydrogen (secondary N) is 1. The number of amides is 3. The lowest BCUT2D eigenvalue weighted by Crippen LogP contribution is -2.56. The van der Waals surface area contributed by atoms with Gasteiger partial charge in [0.05, 0.1) is 13.2 Å². The third kappa shape index (κ3) is 5.07. The number of aryl methyl sites for hydroxylation is 2. The number of nitrogens with zero attached hydrogens (tertiary/aromatic N) is 2. The summed E-state index contributed by atoms with van der Waals surface area (Å²) in [5.41, 5.74) is 4.37. The van der Waals surface area contributed by atoms with Crippen LogP contribution in [0.15, 0.2) is 48.5 Å². The molecule has 2 atom stereocenters. The van der Waals surface area contributed by atoms with Gasteiger partial charge in [-0.1, -0.05) is 36.4 Å². The number of rotatable bonds is 3. The first-order valence-electron chi connectivity index (χ1n) is 11.1. The van der Waals surface area contributed by atoms with Gasteiger partial charge in [-0.05, 0) is 49.1 Å². The zero-order chi connectivity index (χ0) is 21.8. The number of urea groups is 1. The maximum atomic E-state index is 13.2. The predicted molar refractivity (Wildman–Crippen MR) is 120 cm³/mol. The van der Waals surface area contributed by atoms with Gasteiger partial charge in [0.1, 0.15) is 0 Å². The molecule has 0 radical (unpaired) electrons. The molecule has 6 heteroatoms. The molecule has 0 aromatic heterocycles. The van der Waals surface area contributed by atoms with Crippen LogP contribution in [0.1, 0.15) is 39.4 Å². The Morgan fingerprint density at radius 3 is 2.39 bits per heavy atom. The molecule has 2 fully saturated rings. The predicted octanol–water partition coefficient (Wildman–Crippen LogP) is 3.34. The van der Waals surface area contributed by atoms with E-state index in [1.165, 1.54) is 16.7 Å². The number of hydrogen-bond donors (Lipinski definition) is 1. The van der Waals surface area contributed by atoms with Crippen LogP contribution < -0.4 is 5.32 Å². The Morgan fingerprint density at radius 1 is 0.935 bits per heavy atom. The Morgan fingerprint density at radius 2 is 1.68 bits per heavy atom. The number of benzene rings is 2. The fourth-order valence-electron chi connectivity index (χ4n) is 4.43. The molecule has 2 saturated heterocycles. The third-order valence-electron chi connectivity index (χ3n) is 6.38. The zero-order valence-corrected chi connectivity index (χ0v) is 18.3. The summed E-state index contributed by atoms with van der Waals surface area (Å²) in [6.45, 7) is 7.80. The van der Waals surface area contributed by atoms with E-state index in [9.17, 15) is 9.59 Å². The Labute approximate surface area is 184 Å². The molecule has 1 N–H and O–H groups in total. The lowest BCUT2D eigenvalue weighted by atomic mass is 9.86.